The van der Waals surface area contributed by atoms with Gasteiger partial charge in [0, 0.05) is 37.7 Å². The molecule has 0 aliphatic carbocycles. The molecular weight excluding hydrogens is 332 g/mol. The Kier molecular flexibility index (Phi) is 5.66. The molecule has 130 valence electrons. The van der Waals surface area contributed by atoms with Crippen molar-refractivity contribution in [1.29, 1.82) is 0 Å². The maximum absolute atomic E-state index is 12.3. The zero-order valence-corrected chi connectivity index (χ0v) is 14.8. The first-order chi connectivity index (χ1) is 11.3. The Morgan fingerprint density at radius 2 is 2.04 bits per heavy atom. The van der Waals surface area contributed by atoms with Crippen molar-refractivity contribution in [1.82, 2.24) is 14.3 Å². The van der Waals surface area contributed by atoms with Crippen molar-refractivity contribution < 1.29 is 9.32 Å². The monoisotopic (exact) mass is 352 g/mol. The molecule has 0 fully saturated rings. The summed E-state index contributed by atoms with van der Waals surface area (Å²) in [5.41, 5.74) is -0.158. The van der Waals surface area contributed by atoms with E-state index in [4.69, 9.17) is 4.52 Å². The van der Waals surface area contributed by atoms with E-state index in [1.165, 1.54) is 29.4 Å². The fraction of sp³-hybridized carbons (Fsp3) is 0.467. The molecule has 2 rings (SSSR count). The van der Waals surface area contributed by atoms with Crippen LogP contribution in [0.15, 0.2) is 26.2 Å². The minimum Gasteiger partial charge on any atom is -0.360 e. The van der Waals surface area contributed by atoms with Crippen molar-refractivity contribution in [2.24, 2.45) is 14.1 Å². The third kappa shape index (κ3) is 3.97. The molecule has 8 nitrogen and oxygen atoms in total. The number of aromatic nitrogens is 3. The molecule has 0 saturated heterocycles. The first kappa shape index (κ1) is 18.1. The number of nitrogens with one attached hydrogen (secondary N) is 1. The van der Waals surface area contributed by atoms with Gasteiger partial charge < -0.3 is 9.84 Å². The lowest BCUT2D eigenvalue weighted by Gasteiger charge is -2.15. The van der Waals surface area contributed by atoms with Crippen LogP contribution < -0.4 is 16.6 Å². The van der Waals surface area contributed by atoms with Gasteiger partial charge in [0.15, 0.2) is 5.82 Å². The van der Waals surface area contributed by atoms with Gasteiger partial charge in [-0.2, -0.15) is 0 Å². The van der Waals surface area contributed by atoms with Crippen molar-refractivity contribution in [3.8, 4) is 0 Å². The van der Waals surface area contributed by atoms with Crippen molar-refractivity contribution in [3.63, 3.8) is 0 Å². The van der Waals surface area contributed by atoms with Crippen LogP contribution in [0, 0.1) is 6.92 Å². The van der Waals surface area contributed by atoms with Gasteiger partial charge in [-0.1, -0.05) is 12.1 Å². The van der Waals surface area contributed by atoms with Crippen molar-refractivity contribution >= 4 is 23.5 Å². The largest absolute Gasteiger partial charge is 0.360 e. The molecule has 2 heterocycles. The van der Waals surface area contributed by atoms with Crippen LogP contribution in [0.25, 0.3) is 0 Å². The Labute approximate surface area is 142 Å². The molecule has 1 amide bonds. The van der Waals surface area contributed by atoms with Crippen LogP contribution in [0.3, 0.4) is 0 Å². The Balaban J connectivity index is 2.07. The van der Waals surface area contributed by atoms with Gasteiger partial charge >= 0.3 is 5.69 Å². The molecule has 0 aliphatic rings. The highest BCUT2D eigenvalue weighted by atomic mass is 32.2. The predicted octanol–water partition coefficient (Wildman–Crippen LogP) is 1.03. The summed E-state index contributed by atoms with van der Waals surface area (Å²) >= 11 is 1.37. The van der Waals surface area contributed by atoms with E-state index < -0.39 is 0 Å². The molecule has 2 aromatic heterocycles. The summed E-state index contributed by atoms with van der Waals surface area (Å²) < 4.78 is 7.38. The molecule has 0 bridgehead atoms. The number of carbonyl (C=O) groups excluding carboxylic acids is 1. The molecule has 1 atom stereocenters. The molecule has 0 aliphatic heterocycles. The van der Waals surface area contributed by atoms with E-state index in [2.05, 4.69) is 10.5 Å². The average molecular weight is 352 g/mol. The van der Waals surface area contributed by atoms with Gasteiger partial charge in [0.1, 0.15) is 5.76 Å². The van der Waals surface area contributed by atoms with E-state index in [1.807, 2.05) is 6.92 Å². The van der Waals surface area contributed by atoms with E-state index >= 15 is 0 Å². The van der Waals surface area contributed by atoms with Crippen LogP contribution in [0.4, 0.5) is 5.82 Å². The van der Waals surface area contributed by atoms with E-state index in [9.17, 15) is 14.4 Å². The maximum Gasteiger partial charge on any atom is 0.330 e. The van der Waals surface area contributed by atoms with Crippen LogP contribution in [-0.2, 0) is 24.6 Å². The van der Waals surface area contributed by atoms with Gasteiger partial charge in [-0.05, 0) is 13.3 Å². The normalized spacial score (nSPS) is 12.2. The fourth-order valence-corrected chi connectivity index (χ4v) is 3.21. The number of carbonyl (C=O) groups is 1. The van der Waals surface area contributed by atoms with Gasteiger partial charge in [-0.15, -0.1) is 11.8 Å². The fourth-order valence-electron chi connectivity index (χ4n) is 2.11. The Hall–Kier alpha value is -2.29. The summed E-state index contributed by atoms with van der Waals surface area (Å²) in [6, 6.07) is 3.06. The molecule has 0 spiro atoms. The first-order valence-corrected chi connectivity index (χ1v) is 8.50. The summed E-state index contributed by atoms with van der Waals surface area (Å²) in [6.45, 7) is 3.64. The molecule has 0 radical (unpaired) electrons. The summed E-state index contributed by atoms with van der Waals surface area (Å²) in [4.78, 5) is 36.0. The average Bonchev–Trinajstić information content (AvgIpc) is 2.95. The second-order valence-electron chi connectivity index (χ2n) is 5.39. The quantitative estimate of drug-likeness (QED) is 0.834. The number of hydrogen-bond acceptors (Lipinski definition) is 6. The topological polar surface area (TPSA) is 99.1 Å². The van der Waals surface area contributed by atoms with Gasteiger partial charge in [0.05, 0.1) is 5.25 Å². The van der Waals surface area contributed by atoms with Gasteiger partial charge in [0.25, 0.3) is 5.56 Å². The van der Waals surface area contributed by atoms with Crippen LogP contribution in [0.2, 0.25) is 0 Å². The van der Waals surface area contributed by atoms with Gasteiger partial charge in [-0.3, -0.25) is 18.7 Å². The van der Waals surface area contributed by atoms with Crippen LogP contribution in [0.5, 0.6) is 0 Å². The molecule has 24 heavy (non-hydrogen) atoms. The molecule has 1 unspecified atom stereocenters. The summed E-state index contributed by atoms with van der Waals surface area (Å²) in [5.74, 6) is 1.18. The predicted molar refractivity (Wildman–Crippen MR) is 92.2 cm³/mol. The third-order valence-electron chi connectivity index (χ3n) is 3.60. The maximum atomic E-state index is 12.3. The summed E-state index contributed by atoms with van der Waals surface area (Å²) in [6.07, 6.45) is 0.603. The van der Waals surface area contributed by atoms with E-state index in [0.29, 0.717) is 29.4 Å². The smallest absolute Gasteiger partial charge is 0.330 e. The van der Waals surface area contributed by atoms with Crippen molar-refractivity contribution in [2.75, 3.05) is 5.32 Å². The number of aryl methyl sites for hydroxylation is 1. The van der Waals surface area contributed by atoms with E-state index in [1.54, 1.807) is 20.0 Å². The molecule has 1 N–H and O–H groups in total. The molecule has 0 aromatic carbocycles. The molecule has 9 heteroatoms. The second-order valence-corrected chi connectivity index (χ2v) is 6.59. The SMILES string of the molecule is CCC(SCc1cc(=O)n(C)c(=O)n1C)C(=O)Nc1cc(C)on1. The summed E-state index contributed by atoms with van der Waals surface area (Å²) in [5, 5.41) is 6.10. The number of rotatable bonds is 6. The molecule has 0 saturated carbocycles. The number of hydrogen-bond donors (Lipinski definition) is 1. The second kappa shape index (κ2) is 7.52. The highest BCUT2D eigenvalue weighted by Crippen LogP contribution is 2.21. The van der Waals surface area contributed by atoms with Crippen LogP contribution in [-0.4, -0.2) is 25.4 Å². The van der Waals surface area contributed by atoms with E-state index in [-0.39, 0.29) is 22.4 Å². The van der Waals surface area contributed by atoms with Crippen LogP contribution >= 0.6 is 11.8 Å². The molecular formula is C15H20N4O4S. The highest BCUT2D eigenvalue weighted by molar-refractivity contribution is 7.99. The van der Waals surface area contributed by atoms with E-state index in [0.717, 1.165) is 4.57 Å². The summed E-state index contributed by atoms with van der Waals surface area (Å²) in [7, 11) is 3.04. The lowest BCUT2D eigenvalue weighted by atomic mass is 10.3. The number of anilines is 1. The lowest BCUT2D eigenvalue weighted by molar-refractivity contribution is -0.115. The van der Waals surface area contributed by atoms with Crippen molar-refractivity contribution in [2.45, 2.75) is 31.3 Å². The minimum atomic E-state index is -0.381. The third-order valence-corrected chi connectivity index (χ3v) is 5.01. The highest BCUT2D eigenvalue weighted by Gasteiger charge is 2.19. The Bertz CT molecular complexity index is 852. The van der Waals surface area contributed by atoms with Gasteiger partial charge in [0.2, 0.25) is 5.91 Å². The zero-order valence-electron chi connectivity index (χ0n) is 14.0. The number of thioether (sulfide) groups is 1. The Morgan fingerprint density at radius 3 is 2.62 bits per heavy atom. The number of nitrogens with zero attached hydrogens (tertiary/aromatic N) is 3. The van der Waals surface area contributed by atoms with Crippen molar-refractivity contribution in [3.05, 3.63) is 44.4 Å². The lowest BCUT2D eigenvalue weighted by Crippen LogP contribution is -2.38. The number of amides is 1. The minimum absolute atomic E-state index is 0.190. The standard InChI is InChI=1S/C15H20N4O4S/c1-5-11(14(21)16-12-6-9(2)23-17-12)24-8-10-7-13(20)19(4)15(22)18(10)3/h6-7,11H,5,8H2,1-4H3,(H,16,17,21). The first-order valence-electron chi connectivity index (χ1n) is 7.45. The Morgan fingerprint density at radius 1 is 1.33 bits per heavy atom. The zero-order chi connectivity index (χ0) is 17.9. The van der Waals surface area contributed by atoms with Crippen LogP contribution in [0.1, 0.15) is 24.8 Å². The molecule has 2 aromatic rings. The van der Waals surface area contributed by atoms with Gasteiger partial charge in [-0.25, -0.2) is 4.79 Å².